The molecule has 5 N–H and O–H groups in total. The first-order valence-corrected chi connectivity index (χ1v) is 6.09. The summed E-state index contributed by atoms with van der Waals surface area (Å²) < 4.78 is 9.93. The van der Waals surface area contributed by atoms with Gasteiger partial charge in [0.15, 0.2) is 6.04 Å². The second-order valence-electron chi connectivity index (χ2n) is 4.06. The van der Waals surface area contributed by atoms with Crippen molar-refractivity contribution in [2.75, 3.05) is 20.3 Å². The molecule has 0 fully saturated rings. The normalized spacial score (nSPS) is 10.2. The van der Waals surface area contributed by atoms with Gasteiger partial charge in [-0.25, -0.2) is 4.79 Å². The third kappa shape index (κ3) is 5.11. The van der Waals surface area contributed by atoms with Gasteiger partial charge in [-0.05, 0) is 24.3 Å². The summed E-state index contributed by atoms with van der Waals surface area (Å²) in [5, 5.41) is 2.58. The van der Waals surface area contributed by atoms with Crippen molar-refractivity contribution < 1.29 is 23.9 Å². The van der Waals surface area contributed by atoms with Gasteiger partial charge in [-0.1, -0.05) is 0 Å². The number of primary amides is 2. The fourth-order valence-electron chi connectivity index (χ4n) is 1.52. The van der Waals surface area contributed by atoms with Crippen molar-refractivity contribution in [1.29, 1.82) is 0 Å². The summed E-state index contributed by atoms with van der Waals surface area (Å²) in [7, 11) is 1.30. The number of methoxy groups -OCH3 is 1. The molecule has 1 aromatic carbocycles. The standard InChI is InChI=1S/C13H17N3O5/c1-20-13(19)8-2-4-9(5-3-8)21-7-6-16-10(11(14)17)12(15)18/h2-5,10,16H,6-7H2,1H3,(H2,14,17)(H2,15,18). The Morgan fingerprint density at radius 1 is 1.14 bits per heavy atom. The number of benzene rings is 1. The number of nitrogens with one attached hydrogen (secondary N) is 1. The SMILES string of the molecule is COC(=O)c1ccc(OCCNC(C(N)=O)C(N)=O)cc1. The van der Waals surface area contributed by atoms with Crippen molar-refractivity contribution in [3.8, 4) is 5.75 Å². The van der Waals surface area contributed by atoms with Gasteiger partial charge in [0.25, 0.3) is 0 Å². The van der Waals surface area contributed by atoms with E-state index in [1.165, 1.54) is 7.11 Å². The van der Waals surface area contributed by atoms with Crippen LogP contribution in [0.15, 0.2) is 24.3 Å². The molecular weight excluding hydrogens is 278 g/mol. The summed E-state index contributed by atoms with van der Waals surface area (Å²) in [5.41, 5.74) is 10.4. The summed E-state index contributed by atoms with van der Waals surface area (Å²) in [6.07, 6.45) is 0. The van der Waals surface area contributed by atoms with E-state index in [9.17, 15) is 14.4 Å². The second-order valence-corrected chi connectivity index (χ2v) is 4.06. The van der Waals surface area contributed by atoms with Gasteiger partial charge in [-0.3, -0.25) is 14.9 Å². The largest absolute Gasteiger partial charge is 0.492 e. The number of esters is 1. The van der Waals surface area contributed by atoms with Gasteiger partial charge in [-0.15, -0.1) is 0 Å². The molecule has 0 bridgehead atoms. The Hall–Kier alpha value is -2.61. The summed E-state index contributed by atoms with van der Waals surface area (Å²) in [5.74, 6) is -1.59. The molecule has 0 aliphatic heterocycles. The minimum atomic E-state index is -1.23. The molecule has 0 aliphatic rings. The maximum absolute atomic E-state index is 11.2. The highest BCUT2D eigenvalue weighted by molar-refractivity contribution is 6.02. The zero-order valence-electron chi connectivity index (χ0n) is 11.5. The number of hydrogen-bond acceptors (Lipinski definition) is 6. The molecule has 1 rings (SSSR count). The molecule has 0 unspecified atom stereocenters. The molecular formula is C13H17N3O5. The Bertz CT molecular complexity index is 501. The molecule has 114 valence electrons. The Morgan fingerprint density at radius 3 is 2.19 bits per heavy atom. The predicted molar refractivity (Wildman–Crippen MR) is 73.5 cm³/mol. The van der Waals surface area contributed by atoms with Gasteiger partial charge in [0.2, 0.25) is 11.8 Å². The van der Waals surface area contributed by atoms with E-state index in [0.29, 0.717) is 11.3 Å². The lowest BCUT2D eigenvalue weighted by molar-refractivity contribution is -0.128. The van der Waals surface area contributed by atoms with Crippen molar-refractivity contribution >= 4 is 17.8 Å². The number of ether oxygens (including phenoxy) is 2. The lowest BCUT2D eigenvalue weighted by Gasteiger charge is -2.12. The molecule has 8 nitrogen and oxygen atoms in total. The van der Waals surface area contributed by atoms with E-state index in [2.05, 4.69) is 10.1 Å². The first-order valence-electron chi connectivity index (χ1n) is 6.09. The van der Waals surface area contributed by atoms with E-state index in [1.54, 1.807) is 24.3 Å². The van der Waals surface area contributed by atoms with Crippen molar-refractivity contribution in [3.63, 3.8) is 0 Å². The number of rotatable bonds is 8. The van der Waals surface area contributed by atoms with Crippen LogP contribution in [0.3, 0.4) is 0 Å². The number of carbonyl (C=O) groups is 3. The summed E-state index contributed by atoms with van der Waals surface area (Å²) in [6.45, 7) is 0.393. The average molecular weight is 295 g/mol. The van der Waals surface area contributed by atoms with Crippen molar-refractivity contribution in [2.45, 2.75) is 6.04 Å². The van der Waals surface area contributed by atoms with Gasteiger partial charge in [0.1, 0.15) is 12.4 Å². The molecule has 0 radical (unpaired) electrons. The molecule has 0 spiro atoms. The van der Waals surface area contributed by atoms with Crippen molar-refractivity contribution in [2.24, 2.45) is 11.5 Å². The molecule has 0 saturated heterocycles. The monoisotopic (exact) mass is 295 g/mol. The first-order chi connectivity index (χ1) is 9.95. The third-order valence-electron chi connectivity index (χ3n) is 2.56. The summed E-state index contributed by atoms with van der Waals surface area (Å²) in [6, 6.07) is 5.10. The highest BCUT2D eigenvalue weighted by atomic mass is 16.5. The van der Waals surface area contributed by atoms with E-state index in [0.717, 1.165) is 0 Å². The smallest absolute Gasteiger partial charge is 0.337 e. The van der Waals surface area contributed by atoms with Crippen LogP contribution in [0.25, 0.3) is 0 Å². The lowest BCUT2D eigenvalue weighted by Crippen LogP contribution is -2.51. The fraction of sp³-hybridized carbons (Fsp3) is 0.308. The Balaban J connectivity index is 2.41. The third-order valence-corrected chi connectivity index (χ3v) is 2.56. The predicted octanol–water partition coefficient (Wildman–Crippen LogP) is -1.22. The van der Waals surface area contributed by atoms with E-state index >= 15 is 0 Å². The van der Waals surface area contributed by atoms with Crippen LogP contribution in [0.5, 0.6) is 5.75 Å². The van der Waals surface area contributed by atoms with Gasteiger partial charge in [0, 0.05) is 6.54 Å². The lowest BCUT2D eigenvalue weighted by atomic mass is 10.2. The molecule has 0 aromatic heterocycles. The van der Waals surface area contributed by atoms with Crippen LogP contribution in [0.1, 0.15) is 10.4 Å². The highest BCUT2D eigenvalue weighted by Gasteiger charge is 2.20. The fourth-order valence-corrected chi connectivity index (χ4v) is 1.52. The van der Waals surface area contributed by atoms with E-state index in [-0.39, 0.29) is 13.2 Å². The maximum Gasteiger partial charge on any atom is 0.337 e. The van der Waals surface area contributed by atoms with Crippen LogP contribution in [0.2, 0.25) is 0 Å². The second kappa shape index (κ2) is 7.85. The molecule has 0 atom stereocenters. The van der Waals surface area contributed by atoms with Crippen LogP contribution in [-0.2, 0) is 14.3 Å². The van der Waals surface area contributed by atoms with Crippen molar-refractivity contribution in [3.05, 3.63) is 29.8 Å². The van der Waals surface area contributed by atoms with Crippen LogP contribution in [-0.4, -0.2) is 44.1 Å². The topological polar surface area (TPSA) is 134 Å². The molecule has 21 heavy (non-hydrogen) atoms. The Labute approximate surface area is 121 Å². The van der Waals surface area contributed by atoms with Crippen LogP contribution >= 0.6 is 0 Å². The minimum Gasteiger partial charge on any atom is -0.492 e. The quantitative estimate of drug-likeness (QED) is 0.313. The van der Waals surface area contributed by atoms with Gasteiger partial charge < -0.3 is 20.9 Å². The molecule has 0 aliphatic carbocycles. The van der Waals surface area contributed by atoms with Crippen LogP contribution < -0.4 is 21.5 Å². The Morgan fingerprint density at radius 2 is 1.71 bits per heavy atom. The number of amides is 2. The zero-order chi connectivity index (χ0) is 15.8. The molecule has 1 aromatic rings. The zero-order valence-corrected chi connectivity index (χ0v) is 11.5. The Kier molecular flexibility index (Phi) is 6.15. The van der Waals surface area contributed by atoms with E-state index < -0.39 is 23.8 Å². The van der Waals surface area contributed by atoms with E-state index in [1.807, 2.05) is 0 Å². The number of nitrogens with two attached hydrogens (primary N) is 2. The van der Waals surface area contributed by atoms with Gasteiger partial charge in [-0.2, -0.15) is 0 Å². The summed E-state index contributed by atoms with van der Waals surface area (Å²) in [4.78, 5) is 33.0. The van der Waals surface area contributed by atoms with Crippen LogP contribution in [0, 0.1) is 0 Å². The summed E-state index contributed by atoms with van der Waals surface area (Å²) >= 11 is 0. The number of carbonyl (C=O) groups excluding carboxylic acids is 3. The number of hydrogen-bond donors (Lipinski definition) is 3. The van der Waals surface area contributed by atoms with Gasteiger partial charge >= 0.3 is 5.97 Å². The van der Waals surface area contributed by atoms with Gasteiger partial charge in [0.05, 0.1) is 12.7 Å². The average Bonchev–Trinajstić information content (AvgIpc) is 2.46. The molecule has 2 amide bonds. The van der Waals surface area contributed by atoms with Crippen molar-refractivity contribution in [1.82, 2.24) is 5.32 Å². The van der Waals surface area contributed by atoms with Crippen LogP contribution in [0.4, 0.5) is 0 Å². The molecule has 0 heterocycles. The molecule has 8 heteroatoms. The maximum atomic E-state index is 11.2. The molecule has 0 saturated carbocycles. The van der Waals surface area contributed by atoms with E-state index in [4.69, 9.17) is 16.2 Å². The first kappa shape index (κ1) is 16.4. The highest BCUT2D eigenvalue weighted by Crippen LogP contribution is 2.12. The minimum absolute atomic E-state index is 0.189.